The topological polar surface area (TPSA) is 48.5 Å². The van der Waals surface area contributed by atoms with Crippen molar-refractivity contribution >= 4 is 11.2 Å². The van der Waals surface area contributed by atoms with E-state index in [0.29, 0.717) is 5.56 Å². The van der Waals surface area contributed by atoms with E-state index in [1.165, 1.54) is 21.5 Å². The van der Waals surface area contributed by atoms with E-state index in [0.717, 1.165) is 0 Å². The van der Waals surface area contributed by atoms with Gasteiger partial charge in [0.05, 0.1) is 12.9 Å². The molecule has 132 valence electrons. The first-order valence-corrected chi connectivity index (χ1v) is 7.60. The Bertz CT molecular complexity index is 1070. The molecule has 0 aliphatic rings. The Morgan fingerprint density at radius 2 is 1.69 bits per heavy atom. The van der Waals surface area contributed by atoms with Crippen LogP contribution in [-0.4, -0.2) is 24.1 Å². The predicted molar refractivity (Wildman–Crippen MR) is 85.2 cm³/mol. The van der Waals surface area contributed by atoms with Gasteiger partial charge >= 0.3 is 6.18 Å². The lowest BCUT2D eigenvalue weighted by Crippen LogP contribution is -2.14. The summed E-state index contributed by atoms with van der Waals surface area (Å²) >= 11 is 0. The van der Waals surface area contributed by atoms with Gasteiger partial charge in [0.2, 0.25) is 5.82 Å². The number of imidazole rings is 1. The Hall–Kier alpha value is -3.23. The third-order valence-corrected chi connectivity index (χ3v) is 3.85. The third-order valence-electron chi connectivity index (χ3n) is 3.85. The van der Waals surface area contributed by atoms with Crippen LogP contribution in [0, 0.1) is 5.82 Å². The second-order valence-corrected chi connectivity index (χ2v) is 5.59. The zero-order valence-electron chi connectivity index (χ0n) is 13.2. The summed E-state index contributed by atoms with van der Waals surface area (Å²) in [4.78, 5) is 11.4. The highest BCUT2D eigenvalue weighted by molar-refractivity contribution is 5.79. The molecule has 0 atom stereocenters. The van der Waals surface area contributed by atoms with Gasteiger partial charge in [-0.2, -0.15) is 13.2 Å². The molecule has 0 bridgehead atoms. The summed E-state index contributed by atoms with van der Waals surface area (Å²) in [6.07, 6.45) is -0.252. The van der Waals surface area contributed by atoms with E-state index in [4.69, 9.17) is 0 Å². The van der Waals surface area contributed by atoms with E-state index in [1.54, 1.807) is 42.7 Å². The fraction of sp³-hybridized carbons (Fsp3) is 0.118. The Kier molecular flexibility index (Phi) is 3.71. The van der Waals surface area contributed by atoms with Crippen LogP contribution in [-0.2, 0) is 12.7 Å². The highest BCUT2D eigenvalue weighted by Gasteiger charge is 2.36. The molecule has 26 heavy (non-hydrogen) atoms. The first kappa shape index (κ1) is 16.2. The Balaban J connectivity index is 1.91. The zero-order chi connectivity index (χ0) is 18.3. The molecule has 9 heteroatoms. The number of aromatic nitrogens is 5. The van der Waals surface area contributed by atoms with Gasteiger partial charge in [-0.25, -0.2) is 19.3 Å². The van der Waals surface area contributed by atoms with Gasteiger partial charge in [0, 0.05) is 18.0 Å². The lowest BCUT2D eigenvalue weighted by molar-refractivity contribution is -0.144. The normalized spacial score (nSPS) is 12.0. The number of alkyl halides is 3. The number of nitrogens with zero attached hydrogens (tertiary/aromatic N) is 5. The minimum Gasteiger partial charge on any atom is -0.311 e. The number of hydrogen-bond donors (Lipinski definition) is 0. The molecule has 0 N–H and O–H groups in total. The molecule has 0 radical (unpaired) electrons. The molecule has 0 aliphatic heterocycles. The number of hydrogen-bond acceptors (Lipinski definition) is 3. The van der Waals surface area contributed by atoms with Crippen LogP contribution in [0.1, 0.15) is 11.4 Å². The maximum absolute atomic E-state index is 13.9. The maximum Gasteiger partial charge on any atom is 0.451 e. The average Bonchev–Trinajstić information content (AvgIpc) is 3.25. The number of fused-ring (bicyclic) bond motifs is 1. The van der Waals surface area contributed by atoms with Crippen LogP contribution < -0.4 is 0 Å². The number of rotatable bonds is 3. The monoisotopic (exact) mass is 361 g/mol. The molecule has 4 rings (SSSR count). The second kappa shape index (κ2) is 5.94. The first-order chi connectivity index (χ1) is 12.4. The quantitative estimate of drug-likeness (QED) is 0.521. The van der Waals surface area contributed by atoms with Crippen LogP contribution >= 0.6 is 0 Å². The standard InChI is InChI=1S/C17H11F4N5/c18-12-6-2-1-5-11(12)9-26-10-22-13-14(25-7-3-4-8-25)23-16(17(19,20)21)24-15(13)26/h1-8,10H,9H2. The van der Waals surface area contributed by atoms with Gasteiger partial charge in [0.1, 0.15) is 5.82 Å². The Labute approximate surface area is 144 Å². The SMILES string of the molecule is Fc1ccccc1Cn1cnc2c(-n3cccc3)nc(C(F)(F)F)nc21. The summed E-state index contributed by atoms with van der Waals surface area (Å²) in [6, 6.07) is 9.36. The summed E-state index contributed by atoms with van der Waals surface area (Å²) in [5.74, 6) is -1.71. The highest BCUT2D eigenvalue weighted by atomic mass is 19.4. The van der Waals surface area contributed by atoms with Crippen molar-refractivity contribution in [3.63, 3.8) is 0 Å². The summed E-state index contributed by atoms with van der Waals surface area (Å²) in [5, 5.41) is 0. The van der Waals surface area contributed by atoms with Gasteiger partial charge in [-0.1, -0.05) is 18.2 Å². The molecule has 4 aromatic rings. The molecule has 3 heterocycles. The van der Waals surface area contributed by atoms with Crippen molar-refractivity contribution in [2.45, 2.75) is 12.7 Å². The van der Waals surface area contributed by atoms with Crippen LogP contribution in [0.15, 0.2) is 55.1 Å². The Morgan fingerprint density at radius 1 is 0.962 bits per heavy atom. The van der Waals surface area contributed by atoms with Gasteiger partial charge in [-0.3, -0.25) is 0 Å². The Morgan fingerprint density at radius 3 is 2.38 bits per heavy atom. The van der Waals surface area contributed by atoms with Crippen molar-refractivity contribution < 1.29 is 17.6 Å². The molecule has 0 saturated heterocycles. The van der Waals surface area contributed by atoms with E-state index < -0.39 is 17.8 Å². The smallest absolute Gasteiger partial charge is 0.311 e. The summed E-state index contributed by atoms with van der Waals surface area (Å²) in [7, 11) is 0. The van der Waals surface area contributed by atoms with Gasteiger partial charge in [0.15, 0.2) is 17.0 Å². The van der Waals surface area contributed by atoms with Gasteiger partial charge in [-0.05, 0) is 18.2 Å². The van der Waals surface area contributed by atoms with Gasteiger partial charge in [0.25, 0.3) is 0 Å². The molecule has 1 aromatic carbocycles. The van der Waals surface area contributed by atoms with E-state index in [-0.39, 0.29) is 23.5 Å². The minimum atomic E-state index is -4.72. The minimum absolute atomic E-state index is 0.00258. The lowest BCUT2D eigenvalue weighted by Gasteiger charge is -2.10. The van der Waals surface area contributed by atoms with Gasteiger partial charge < -0.3 is 9.13 Å². The molecule has 5 nitrogen and oxygen atoms in total. The zero-order valence-corrected chi connectivity index (χ0v) is 13.2. The molecular formula is C17H11F4N5. The summed E-state index contributed by atoms with van der Waals surface area (Å²) < 4.78 is 56.4. The van der Waals surface area contributed by atoms with Crippen molar-refractivity contribution in [3.8, 4) is 5.82 Å². The summed E-state index contributed by atoms with van der Waals surface area (Å²) in [6.45, 7) is 0.00258. The predicted octanol–water partition coefficient (Wildman–Crippen LogP) is 3.82. The van der Waals surface area contributed by atoms with Crippen molar-refractivity contribution in [1.29, 1.82) is 0 Å². The van der Waals surface area contributed by atoms with E-state index in [9.17, 15) is 17.6 Å². The largest absolute Gasteiger partial charge is 0.451 e. The van der Waals surface area contributed by atoms with E-state index in [1.807, 2.05) is 0 Å². The summed E-state index contributed by atoms with van der Waals surface area (Å²) in [5.41, 5.74) is 0.506. The van der Waals surface area contributed by atoms with Crippen LogP contribution in [0.3, 0.4) is 0 Å². The molecule has 0 unspecified atom stereocenters. The average molecular weight is 361 g/mol. The molecular weight excluding hydrogens is 350 g/mol. The number of benzene rings is 1. The lowest BCUT2D eigenvalue weighted by atomic mass is 10.2. The van der Waals surface area contributed by atoms with Crippen LogP contribution in [0.5, 0.6) is 0 Å². The van der Waals surface area contributed by atoms with Crippen LogP contribution in [0.25, 0.3) is 17.0 Å². The third kappa shape index (κ3) is 2.81. The molecule has 0 saturated carbocycles. The van der Waals surface area contributed by atoms with Gasteiger partial charge in [-0.15, -0.1) is 0 Å². The van der Waals surface area contributed by atoms with Crippen LogP contribution in [0.4, 0.5) is 17.6 Å². The maximum atomic E-state index is 13.9. The van der Waals surface area contributed by atoms with Crippen molar-refractivity contribution in [2.24, 2.45) is 0 Å². The number of halogens is 4. The highest BCUT2D eigenvalue weighted by Crippen LogP contribution is 2.29. The first-order valence-electron chi connectivity index (χ1n) is 7.60. The fourth-order valence-electron chi connectivity index (χ4n) is 2.64. The van der Waals surface area contributed by atoms with Crippen molar-refractivity contribution in [3.05, 3.63) is 72.3 Å². The van der Waals surface area contributed by atoms with Crippen molar-refractivity contribution in [1.82, 2.24) is 24.1 Å². The van der Waals surface area contributed by atoms with Crippen molar-refractivity contribution in [2.75, 3.05) is 0 Å². The van der Waals surface area contributed by atoms with E-state index in [2.05, 4.69) is 15.0 Å². The fourth-order valence-corrected chi connectivity index (χ4v) is 2.64. The molecule has 0 amide bonds. The molecule has 0 aliphatic carbocycles. The second-order valence-electron chi connectivity index (χ2n) is 5.59. The van der Waals surface area contributed by atoms with Crippen LogP contribution in [0.2, 0.25) is 0 Å². The molecule has 0 spiro atoms. The van der Waals surface area contributed by atoms with E-state index >= 15 is 0 Å². The molecule has 3 aromatic heterocycles. The molecule has 0 fully saturated rings.